The largest absolute Gasteiger partial charge is 0.321 e. The number of aromatic nitrogens is 1. The van der Waals surface area contributed by atoms with Crippen LogP contribution in [0.25, 0.3) is 10.9 Å². The second-order valence-electron chi connectivity index (χ2n) is 4.95. The number of aromatic amines is 1. The monoisotopic (exact) mass is 361 g/mol. The summed E-state index contributed by atoms with van der Waals surface area (Å²) in [6.45, 7) is 0. The molecule has 3 rings (SSSR count). The van der Waals surface area contributed by atoms with E-state index in [-0.39, 0.29) is 16.0 Å². The molecule has 0 aliphatic heterocycles. The van der Waals surface area contributed by atoms with E-state index in [2.05, 4.69) is 14.9 Å². The van der Waals surface area contributed by atoms with Gasteiger partial charge < -0.3 is 4.98 Å². The lowest BCUT2D eigenvalue weighted by molar-refractivity contribution is 0.584. The average molecular weight is 362 g/mol. The predicted octanol–water partition coefficient (Wildman–Crippen LogP) is 2.49. The molecule has 24 heavy (non-hydrogen) atoms. The highest BCUT2D eigenvalue weighted by molar-refractivity contribution is 7.89. The van der Waals surface area contributed by atoms with Crippen molar-refractivity contribution in [1.82, 2.24) is 9.82 Å². The third kappa shape index (κ3) is 3.47. The van der Waals surface area contributed by atoms with Gasteiger partial charge in [-0.2, -0.15) is 13.5 Å². The summed E-state index contributed by atoms with van der Waals surface area (Å²) in [6.07, 6.45) is 1.17. The smallest absolute Gasteiger partial charge is 0.276 e. The Morgan fingerprint density at radius 2 is 1.79 bits per heavy atom. The minimum Gasteiger partial charge on any atom is -0.321 e. The van der Waals surface area contributed by atoms with Gasteiger partial charge in [0.05, 0.1) is 16.7 Å². The van der Waals surface area contributed by atoms with Gasteiger partial charge in [-0.15, -0.1) is 0 Å². The first kappa shape index (κ1) is 16.2. The summed E-state index contributed by atoms with van der Waals surface area (Å²) in [4.78, 5) is 16.8. The summed E-state index contributed by atoms with van der Waals surface area (Å²) >= 11 is 5.73. The number of nitrogens with zero attached hydrogens (tertiary/aromatic N) is 1. The van der Waals surface area contributed by atoms with Crippen LogP contribution in [0.4, 0.5) is 0 Å². The van der Waals surface area contributed by atoms with Crippen LogP contribution in [0.2, 0.25) is 5.02 Å². The Hall–Kier alpha value is -2.64. The Kier molecular flexibility index (Phi) is 4.37. The minimum atomic E-state index is -3.82. The highest BCUT2D eigenvalue weighted by Gasteiger charge is 2.12. The maximum Gasteiger partial charge on any atom is 0.276 e. The molecule has 8 heteroatoms. The van der Waals surface area contributed by atoms with Crippen LogP contribution in [-0.4, -0.2) is 19.6 Å². The van der Waals surface area contributed by atoms with Crippen LogP contribution in [-0.2, 0) is 10.0 Å². The van der Waals surface area contributed by atoms with Crippen LogP contribution in [0.15, 0.2) is 69.4 Å². The summed E-state index contributed by atoms with van der Waals surface area (Å²) < 4.78 is 24.2. The zero-order valence-corrected chi connectivity index (χ0v) is 13.8. The Morgan fingerprint density at radius 1 is 1.08 bits per heavy atom. The molecule has 0 atom stereocenters. The van der Waals surface area contributed by atoms with Crippen molar-refractivity contribution in [3.05, 3.63) is 75.5 Å². The number of hydrogen-bond acceptors (Lipinski definition) is 4. The van der Waals surface area contributed by atoms with Crippen molar-refractivity contribution in [3.63, 3.8) is 0 Å². The Balaban J connectivity index is 1.85. The maximum absolute atomic E-state index is 12.1. The van der Waals surface area contributed by atoms with E-state index in [0.29, 0.717) is 10.5 Å². The number of fused-ring (bicyclic) bond motifs is 1. The van der Waals surface area contributed by atoms with E-state index in [1.807, 2.05) is 18.2 Å². The average Bonchev–Trinajstić information content (AvgIpc) is 2.55. The molecule has 2 aromatic carbocycles. The summed E-state index contributed by atoms with van der Waals surface area (Å²) in [7, 11) is -3.82. The Labute approximate surface area is 142 Å². The fourth-order valence-corrected chi connectivity index (χ4v) is 3.01. The molecule has 3 aromatic rings. The molecular formula is C16H12ClN3O3S. The van der Waals surface area contributed by atoms with Crippen molar-refractivity contribution >= 4 is 38.7 Å². The fourth-order valence-electron chi connectivity index (χ4n) is 2.09. The highest BCUT2D eigenvalue weighted by Crippen LogP contribution is 2.13. The van der Waals surface area contributed by atoms with Gasteiger partial charge in [-0.1, -0.05) is 29.8 Å². The number of sulfonamides is 1. The second kappa shape index (κ2) is 6.46. The number of halogens is 1. The van der Waals surface area contributed by atoms with Gasteiger partial charge in [-0.25, -0.2) is 4.83 Å². The molecule has 1 aromatic heterocycles. The number of pyridine rings is 1. The molecule has 0 fully saturated rings. The van der Waals surface area contributed by atoms with E-state index in [1.165, 1.54) is 30.5 Å². The lowest BCUT2D eigenvalue weighted by Gasteiger charge is -2.03. The first-order chi connectivity index (χ1) is 11.5. The van der Waals surface area contributed by atoms with E-state index >= 15 is 0 Å². The number of rotatable bonds is 4. The molecule has 0 radical (unpaired) electrons. The van der Waals surface area contributed by atoms with E-state index in [4.69, 9.17) is 11.6 Å². The van der Waals surface area contributed by atoms with Crippen LogP contribution < -0.4 is 10.4 Å². The van der Waals surface area contributed by atoms with Gasteiger partial charge in [-0.05, 0) is 41.8 Å². The first-order valence-electron chi connectivity index (χ1n) is 6.88. The fraction of sp³-hybridized carbons (Fsp3) is 0. The van der Waals surface area contributed by atoms with Gasteiger partial charge in [0, 0.05) is 10.5 Å². The summed E-state index contributed by atoms with van der Waals surface area (Å²) in [5.74, 6) is 0. The van der Waals surface area contributed by atoms with E-state index in [9.17, 15) is 13.2 Å². The Morgan fingerprint density at radius 3 is 2.54 bits per heavy atom. The van der Waals surface area contributed by atoms with Crippen molar-refractivity contribution in [3.8, 4) is 0 Å². The van der Waals surface area contributed by atoms with Gasteiger partial charge in [-0.3, -0.25) is 4.79 Å². The van der Waals surface area contributed by atoms with Gasteiger partial charge in [0.1, 0.15) is 0 Å². The molecule has 0 saturated carbocycles. The molecule has 1 heterocycles. The standard InChI is InChI=1S/C16H12ClN3O3S/c17-13-5-7-14(8-6-13)24(22,23)20-18-10-12-9-11-3-1-2-4-15(11)19-16(12)21/h1-10,20H,(H,19,21). The number of hydrazone groups is 1. The van der Waals surface area contributed by atoms with Crippen LogP contribution in [0, 0.1) is 0 Å². The second-order valence-corrected chi connectivity index (χ2v) is 7.05. The van der Waals surface area contributed by atoms with Crippen LogP contribution in [0.3, 0.4) is 0 Å². The SMILES string of the molecule is O=c1[nH]c2ccccc2cc1C=NNS(=O)(=O)c1ccc(Cl)cc1. The summed E-state index contributed by atoms with van der Waals surface area (Å²) in [5, 5.41) is 4.91. The van der Waals surface area contributed by atoms with Gasteiger partial charge in [0.15, 0.2) is 0 Å². The highest BCUT2D eigenvalue weighted by atomic mass is 35.5. The van der Waals surface area contributed by atoms with E-state index in [1.54, 1.807) is 12.1 Å². The van der Waals surface area contributed by atoms with Crippen LogP contribution in [0.5, 0.6) is 0 Å². The normalized spacial score (nSPS) is 11.9. The summed E-state index contributed by atoms with van der Waals surface area (Å²) in [5.41, 5.74) is 0.581. The van der Waals surface area contributed by atoms with Crippen molar-refractivity contribution in [1.29, 1.82) is 0 Å². The minimum absolute atomic E-state index is 0.0245. The third-order valence-electron chi connectivity index (χ3n) is 3.28. The summed E-state index contributed by atoms with van der Waals surface area (Å²) in [6, 6.07) is 14.6. The molecular weight excluding hydrogens is 350 g/mol. The predicted molar refractivity (Wildman–Crippen MR) is 93.9 cm³/mol. The number of hydrogen-bond donors (Lipinski definition) is 2. The number of H-pyrrole nitrogens is 1. The molecule has 0 amide bonds. The molecule has 0 saturated heterocycles. The molecule has 0 aliphatic rings. The van der Waals surface area contributed by atoms with Crippen molar-refractivity contribution in [2.45, 2.75) is 4.90 Å². The van der Waals surface area contributed by atoms with Crippen molar-refractivity contribution in [2.24, 2.45) is 5.10 Å². The number of nitrogens with one attached hydrogen (secondary N) is 2. The van der Waals surface area contributed by atoms with Gasteiger partial charge in [0.2, 0.25) is 0 Å². The molecule has 0 aliphatic carbocycles. The number of para-hydroxylation sites is 1. The zero-order chi connectivity index (χ0) is 17.2. The van der Waals surface area contributed by atoms with Crippen LogP contribution in [0.1, 0.15) is 5.56 Å². The topological polar surface area (TPSA) is 91.4 Å². The third-order valence-corrected chi connectivity index (χ3v) is 4.77. The molecule has 0 bridgehead atoms. The van der Waals surface area contributed by atoms with E-state index < -0.39 is 10.0 Å². The molecule has 6 nitrogen and oxygen atoms in total. The van der Waals surface area contributed by atoms with Crippen LogP contribution >= 0.6 is 11.6 Å². The van der Waals surface area contributed by atoms with Gasteiger partial charge >= 0.3 is 0 Å². The molecule has 122 valence electrons. The molecule has 2 N–H and O–H groups in total. The van der Waals surface area contributed by atoms with Crippen molar-refractivity contribution < 1.29 is 8.42 Å². The van der Waals surface area contributed by atoms with Crippen molar-refractivity contribution in [2.75, 3.05) is 0 Å². The van der Waals surface area contributed by atoms with Gasteiger partial charge in [0.25, 0.3) is 15.6 Å². The Bertz CT molecular complexity index is 1070. The number of benzene rings is 2. The van der Waals surface area contributed by atoms with E-state index in [0.717, 1.165) is 5.39 Å². The maximum atomic E-state index is 12.1. The lowest BCUT2D eigenvalue weighted by Crippen LogP contribution is -2.19. The zero-order valence-electron chi connectivity index (χ0n) is 12.2. The first-order valence-corrected chi connectivity index (χ1v) is 8.74. The quantitative estimate of drug-likeness (QED) is 0.552. The lowest BCUT2D eigenvalue weighted by atomic mass is 10.2. The molecule has 0 spiro atoms. The molecule has 0 unspecified atom stereocenters.